The Morgan fingerprint density at radius 2 is 2.12 bits per heavy atom. The maximum atomic E-state index is 13.1. The molecular weight excluding hydrogens is 336 g/mol. The summed E-state index contributed by atoms with van der Waals surface area (Å²) in [5, 5.41) is 1.62. The van der Waals surface area contributed by atoms with Gasteiger partial charge in [-0.25, -0.2) is 0 Å². The summed E-state index contributed by atoms with van der Waals surface area (Å²) in [5.74, 6) is 0.842. The molecule has 2 heterocycles. The molecule has 1 amide bonds. The number of halogens is 1. The summed E-state index contributed by atoms with van der Waals surface area (Å²) in [6.07, 6.45) is 1.96. The zero-order chi connectivity index (χ0) is 17.4. The second-order valence-electron chi connectivity index (χ2n) is 6.35. The number of H-pyrrole nitrogens is 1. The fraction of sp³-hybridized carbons (Fsp3) is 0.250. The van der Waals surface area contributed by atoms with E-state index in [0.717, 1.165) is 41.6 Å². The molecule has 1 aromatic heterocycles. The Hall–Kier alpha value is -2.46. The fourth-order valence-electron chi connectivity index (χ4n) is 3.58. The van der Waals surface area contributed by atoms with Crippen molar-refractivity contribution < 1.29 is 9.53 Å². The number of benzene rings is 2. The van der Waals surface area contributed by atoms with Crippen LogP contribution in [0.1, 0.15) is 34.9 Å². The van der Waals surface area contributed by atoms with Crippen LogP contribution in [0.15, 0.2) is 48.5 Å². The lowest BCUT2D eigenvalue weighted by atomic mass is 10.0. The minimum Gasteiger partial charge on any atom is -0.497 e. The maximum Gasteiger partial charge on any atom is 0.270 e. The fourth-order valence-corrected chi connectivity index (χ4v) is 3.76. The standard InChI is InChI=1S/C20H19ClN2O2/c1-25-16-5-2-4-13(11-16)19-6-3-9-23(19)20(24)18-12-14-10-15(21)7-8-17(14)22-18/h2,4-5,7-8,10-12,19,22H,3,6,9H2,1H3. The number of nitrogens with one attached hydrogen (secondary N) is 1. The third-order valence-electron chi connectivity index (χ3n) is 4.81. The Kier molecular flexibility index (Phi) is 4.14. The van der Waals surface area contributed by atoms with Crippen LogP contribution in [-0.2, 0) is 0 Å². The highest BCUT2D eigenvalue weighted by Crippen LogP contribution is 2.34. The Labute approximate surface area is 151 Å². The van der Waals surface area contributed by atoms with Gasteiger partial charge in [0.2, 0.25) is 0 Å². The third-order valence-corrected chi connectivity index (χ3v) is 5.04. The number of likely N-dealkylation sites (tertiary alicyclic amines) is 1. The minimum absolute atomic E-state index is 0.0256. The maximum absolute atomic E-state index is 13.1. The van der Waals surface area contributed by atoms with Gasteiger partial charge in [-0.05, 0) is 54.8 Å². The van der Waals surface area contributed by atoms with Gasteiger partial charge in [0.1, 0.15) is 11.4 Å². The highest BCUT2D eigenvalue weighted by atomic mass is 35.5. The predicted molar refractivity (Wildman–Crippen MR) is 99.3 cm³/mol. The van der Waals surface area contributed by atoms with Crippen LogP contribution in [0.25, 0.3) is 10.9 Å². The van der Waals surface area contributed by atoms with E-state index in [0.29, 0.717) is 10.7 Å². The van der Waals surface area contributed by atoms with Gasteiger partial charge < -0.3 is 14.6 Å². The summed E-state index contributed by atoms with van der Waals surface area (Å²) >= 11 is 6.05. The molecule has 1 N–H and O–H groups in total. The number of carbonyl (C=O) groups is 1. The van der Waals surface area contributed by atoms with Crippen molar-refractivity contribution in [1.82, 2.24) is 9.88 Å². The summed E-state index contributed by atoms with van der Waals surface area (Å²) in [7, 11) is 1.66. The molecule has 2 aromatic carbocycles. The molecule has 1 aliphatic heterocycles. The minimum atomic E-state index is 0.0256. The van der Waals surface area contributed by atoms with Crippen molar-refractivity contribution in [3.05, 3.63) is 64.8 Å². The van der Waals surface area contributed by atoms with E-state index in [4.69, 9.17) is 16.3 Å². The van der Waals surface area contributed by atoms with Crippen LogP contribution >= 0.6 is 11.6 Å². The first-order valence-electron chi connectivity index (χ1n) is 8.39. The molecule has 0 spiro atoms. The van der Waals surface area contributed by atoms with Crippen molar-refractivity contribution in [3.63, 3.8) is 0 Å². The molecule has 25 heavy (non-hydrogen) atoms. The molecule has 0 saturated carbocycles. The second kappa shape index (κ2) is 6.45. The molecule has 1 atom stereocenters. The van der Waals surface area contributed by atoms with Crippen molar-refractivity contribution in [2.75, 3.05) is 13.7 Å². The van der Waals surface area contributed by atoms with Crippen LogP contribution < -0.4 is 4.74 Å². The molecule has 128 valence electrons. The molecule has 4 rings (SSSR count). The van der Waals surface area contributed by atoms with Crippen LogP contribution in [0.2, 0.25) is 5.02 Å². The Morgan fingerprint density at radius 3 is 2.96 bits per heavy atom. The Balaban J connectivity index is 1.65. The van der Waals surface area contributed by atoms with Crippen LogP contribution in [0.3, 0.4) is 0 Å². The molecule has 1 unspecified atom stereocenters. The lowest BCUT2D eigenvalue weighted by Gasteiger charge is -2.25. The summed E-state index contributed by atoms with van der Waals surface area (Å²) in [6.45, 7) is 0.761. The van der Waals surface area contributed by atoms with Gasteiger partial charge in [0.05, 0.1) is 13.2 Å². The summed E-state index contributed by atoms with van der Waals surface area (Å²) in [4.78, 5) is 18.2. The number of carbonyl (C=O) groups excluding carboxylic acids is 1. The summed E-state index contributed by atoms with van der Waals surface area (Å²) < 4.78 is 5.32. The molecular formula is C20H19ClN2O2. The van der Waals surface area contributed by atoms with Crippen LogP contribution in [0.4, 0.5) is 0 Å². The van der Waals surface area contributed by atoms with Crippen molar-refractivity contribution in [1.29, 1.82) is 0 Å². The van der Waals surface area contributed by atoms with E-state index in [-0.39, 0.29) is 11.9 Å². The predicted octanol–water partition coefficient (Wildman–Crippen LogP) is 4.81. The lowest BCUT2D eigenvalue weighted by molar-refractivity contribution is 0.0730. The number of fused-ring (bicyclic) bond motifs is 1. The summed E-state index contributed by atoms with van der Waals surface area (Å²) in [5.41, 5.74) is 2.64. The van der Waals surface area contributed by atoms with Crippen molar-refractivity contribution in [3.8, 4) is 5.75 Å². The molecule has 0 aliphatic carbocycles. The van der Waals surface area contributed by atoms with Crippen LogP contribution in [-0.4, -0.2) is 29.4 Å². The van der Waals surface area contributed by atoms with Gasteiger partial charge in [0.25, 0.3) is 5.91 Å². The van der Waals surface area contributed by atoms with E-state index in [2.05, 4.69) is 11.1 Å². The van der Waals surface area contributed by atoms with Crippen molar-refractivity contribution >= 4 is 28.4 Å². The molecule has 3 aromatic rings. The van der Waals surface area contributed by atoms with Gasteiger partial charge in [-0.3, -0.25) is 4.79 Å². The first-order chi connectivity index (χ1) is 12.2. The number of nitrogens with zero attached hydrogens (tertiary/aromatic N) is 1. The smallest absolute Gasteiger partial charge is 0.270 e. The van der Waals surface area contributed by atoms with Crippen molar-refractivity contribution in [2.24, 2.45) is 0 Å². The average Bonchev–Trinajstić information content (AvgIpc) is 3.27. The SMILES string of the molecule is COc1cccc(C2CCCN2C(=O)c2cc3cc(Cl)ccc3[nH]2)c1. The summed E-state index contributed by atoms with van der Waals surface area (Å²) in [6, 6.07) is 15.5. The molecule has 5 heteroatoms. The highest BCUT2D eigenvalue weighted by Gasteiger charge is 2.31. The number of hydrogen-bond acceptors (Lipinski definition) is 2. The van der Waals surface area contributed by atoms with Crippen molar-refractivity contribution in [2.45, 2.75) is 18.9 Å². The van der Waals surface area contributed by atoms with Crippen LogP contribution in [0.5, 0.6) is 5.75 Å². The van der Waals surface area contributed by atoms with Gasteiger partial charge in [-0.2, -0.15) is 0 Å². The lowest BCUT2D eigenvalue weighted by Crippen LogP contribution is -2.30. The van der Waals surface area contributed by atoms with E-state index in [1.165, 1.54) is 0 Å². The Morgan fingerprint density at radius 1 is 1.24 bits per heavy atom. The first kappa shape index (κ1) is 16.0. The van der Waals surface area contributed by atoms with E-state index in [1.807, 2.05) is 47.4 Å². The highest BCUT2D eigenvalue weighted by molar-refractivity contribution is 6.31. The van der Waals surface area contributed by atoms with Gasteiger partial charge in [0.15, 0.2) is 0 Å². The molecule has 1 fully saturated rings. The molecule has 0 bridgehead atoms. The number of methoxy groups -OCH3 is 1. The molecule has 1 aliphatic rings. The number of aromatic nitrogens is 1. The van der Waals surface area contributed by atoms with Gasteiger partial charge in [0, 0.05) is 22.5 Å². The topological polar surface area (TPSA) is 45.3 Å². The quantitative estimate of drug-likeness (QED) is 0.733. The first-order valence-corrected chi connectivity index (χ1v) is 8.77. The van der Waals surface area contributed by atoms with Gasteiger partial charge in [-0.15, -0.1) is 0 Å². The number of amides is 1. The second-order valence-corrected chi connectivity index (χ2v) is 6.78. The number of aromatic amines is 1. The largest absolute Gasteiger partial charge is 0.497 e. The van der Waals surface area contributed by atoms with E-state index >= 15 is 0 Å². The Bertz CT molecular complexity index is 934. The molecule has 0 radical (unpaired) electrons. The zero-order valence-electron chi connectivity index (χ0n) is 14.0. The zero-order valence-corrected chi connectivity index (χ0v) is 14.7. The normalized spacial score (nSPS) is 17.2. The number of ether oxygens (including phenoxy) is 1. The van der Waals surface area contributed by atoms with Gasteiger partial charge >= 0.3 is 0 Å². The monoisotopic (exact) mass is 354 g/mol. The van der Waals surface area contributed by atoms with Gasteiger partial charge in [-0.1, -0.05) is 23.7 Å². The molecule has 1 saturated heterocycles. The molecule has 4 nitrogen and oxygen atoms in total. The van der Waals surface area contributed by atoms with E-state index < -0.39 is 0 Å². The number of hydrogen-bond donors (Lipinski definition) is 1. The third kappa shape index (κ3) is 2.98. The average molecular weight is 355 g/mol. The van der Waals surface area contributed by atoms with Crippen LogP contribution in [0, 0.1) is 0 Å². The van der Waals surface area contributed by atoms with E-state index in [9.17, 15) is 4.79 Å². The van der Waals surface area contributed by atoms with E-state index in [1.54, 1.807) is 7.11 Å². The number of rotatable bonds is 3.